The number of carbonyl (C=O) groups is 2. The number of imidazole rings is 1. The molecule has 0 aliphatic rings. The number of aromatic nitrogens is 2. The van der Waals surface area contributed by atoms with Crippen LogP contribution in [0.15, 0.2) is 49.1 Å². The van der Waals surface area contributed by atoms with Crippen LogP contribution >= 0.6 is 23.2 Å². The molecular weight excluding hydrogens is 367 g/mol. The van der Waals surface area contributed by atoms with Gasteiger partial charge in [-0.05, 0) is 24.3 Å². The average molecular weight is 379 g/mol. The molecule has 128 valence electrons. The first-order valence-electron chi connectivity index (χ1n) is 7.15. The van der Waals surface area contributed by atoms with E-state index in [1.165, 1.54) is 19.2 Å². The van der Waals surface area contributed by atoms with Crippen molar-refractivity contribution in [1.82, 2.24) is 9.38 Å². The SMILES string of the molecule is COC(=O)C(OC(=O)c1ccn2cncc2c1)c1ccc(Cl)cc1Cl. The van der Waals surface area contributed by atoms with Gasteiger partial charge in [0.2, 0.25) is 6.10 Å². The summed E-state index contributed by atoms with van der Waals surface area (Å²) >= 11 is 12.0. The number of hydrogen-bond donors (Lipinski definition) is 0. The number of rotatable bonds is 4. The van der Waals surface area contributed by atoms with Crippen molar-refractivity contribution in [3.05, 3.63) is 70.2 Å². The second-order valence-electron chi connectivity index (χ2n) is 5.12. The summed E-state index contributed by atoms with van der Waals surface area (Å²) < 4.78 is 11.8. The molecule has 1 aromatic carbocycles. The van der Waals surface area contributed by atoms with Gasteiger partial charge in [-0.3, -0.25) is 0 Å². The molecule has 3 rings (SSSR count). The molecule has 25 heavy (non-hydrogen) atoms. The minimum atomic E-state index is -1.30. The van der Waals surface area contributed by atoms with Gasteiger partial charge in [-0.1, -0.05) is 29.3 Å². The van der Waals surface area contributed by atoms with E-state index in [1.807, 2.05) is 0 Å². The van der Waals surface area contributed by atoms with Crippen LogP contribution in [-0.2, 0) is 14.3 Å². The van der Waals surface area contributed by atoms with E-state index in [4.69, 9.17) is 32.7 Å². The van der Waals surface area contributed by atoms with Crippen molar-refractivity contribution >= 4 is 40.7 Å². The van der Waals surface area contributed by atoms with Crippen molar-refractivity contribution in [3.63, 3.8) is 0 Å². The van der Waals surface area contributed by atoms with Crippen LogP contribution in [0, 0.1) is 0 Å². The highest BCUT2D eigenvalue weighted by molar-refractivity contribution is 6.35. The van der Waals surface area contributed by atoms with Gasteiger partial charge < -0.3 is 13.9 Å². The Morgan fingerprint density at radius 3 is 2.72 bits per heavy atom. The fourth-order valence-corrected chi connectivity index (χ4v) is 2.79. The third-order valence-corrected chi connectivity index (χ3v) is 4.10. The van der Waals surface area contributed by atoms with E-state index in [-0.39, 0.29) is 16.1 Å². The number of fused-ring (bicyclic) bond motifs is 1. The average Bonchev–Trinajstić information content (AvgIpc) is 3.07. The Hall–Kier alpha value is -2.57. The minimum Gasteiger partial charge on any atom is -0.466 e. The lowest BCUT2D eigenvalue weighted by molar-refractivity contribution is -0.151. The molecule has 0 saturated heterocycles. The summed E-state index contributed by atoms with van der Waals surface area (Å²) in [6.45, 7) is 0. The molecule has 8 heteroatoms. The van der Waals surface area contributed by atoms with Crippen LogP contribution in [0.5, 0.6) is 0 Å². The lowest BCUT2D eigenvalue weighted by Crippen LogP contribution is -2.21. The normalized spacial score (nSPS) is 12.0. The van der Waals surface area contributed by atoms with Crippen LogP contribution in [0.25, 0.3) is 5.52 Å². The molecule has 0 spiro atoms. The number of ether oxygens (including phenoxy) is 2. The van der Waals surface area contributed by atoms with Crippen LogP contribution in [0.1, 0.15) is 22.0 Å². The second kappa shape index (κ2) is 7.13. The largest absolute Gasteiger partial charge is 0.466 e. The predicted octanol–water partition coefficient (Wildman–Crippen LogP) is 3.71. The predicted molar refractivity (Wildman–Crippen MR) is 91.8 cm³/mol. The first-order chi connectivity index (χ1) is 12.0. The Balaban J connectivity index is 1.91. The lowest BCUT2D eigenvalue weighted by Gasteiger charge is -2.17. The zero-order chi connectivity index (χ0) is 18.0. The number of nitrogens with zero attached hydrogens (tertiary/aromatic N) is 2. The van der Waals surface area contributed by atoms with Crippen molar-refractivity contribution in [3.8, 4) is 0 Å². The van der Waals surface area contributed by atoms with Crippen LogP contribution in [0.2, 0.25) is 10.0 Å². The van der Waals surface area contributed by atoms with E-state index in [2.05, 4.69) is 4.98 Å². The number of halogens is 2. The molecule has 1 unspecified atom stereocenters. The number of pyridine rings is 1. The molecule has 0 N–H and O–H groups in total. The van der Waals surface area contributed by atoms with Crippen LogP contribution in [-0.4, -0.2) is 28.4 Å². The smallest absolute Gasteiger partial charge is 0.352 e. The quantitative estimate of drug-likeness (QED) is 0.647. The van der Waals surface area contributed by atoms with Crippen molar-refractivity contribution in [2.75, 3.05) is 7.11 Å². The molecule has 1 atom stereocenters. The summed E-state index contributed by atoms with van der Waals surface area (Å²) in [5.41, 5.74) is 1.28. The summed E-state index contributed by atoms with van der Waals surface area (Å²) in [4.78, 5) is 28.5. The van der Waals surface area contributed by atoms with Gasteiger partial charge in [0, 0.05) is 21.8 Å². The Morgan fingerprint density at radius 2 is 2.00 bits per heavy atom. The van der Waals surface area contributed by atoms with E-state index in [1.54, 1.807) is 41.3 Å². The maximum Gasteiger partial charge on any atom is 0.352 e. The Kier molecular flexibility index (Phi) is 4.92. The maximum absolute atomic E-state index is 12.5. The van der Waals surface area contributed by atoms with Crippen LogP contribution in [0.4, 0.5) is 0 Å². The molecule has 2 aromatic heterocycles. The number of hydrogen-bond acceptors (Lipinski definition) is 5. The standard InChI is InChI=1S/C17H12Cl2N2O4/c1-24-17(23)15(13-3-2-11(18)7-14(13)19)25-16(22)10-4-5-21-9-20-8-12(21)6-10/h2-9,15H,1H3. The van der Waals surface area contributed by atoms with Gasteiger partial charge in [-0.15, -0.1) is 0 Å². The summed E-state index contributed by atoms with van der Waals surface area (Å²) in [5, 5.41) is 0.594. The molecule has 0 aliphatic carbocycles. The fourth-order valence-electron chi connectivity index (χ4n) is 2.28. The minimum absolute atomic E-state index is 0.196. The van der Waals surface area contributed by atoms with E-state index in [0.29, 0.717) is 10.5 Å². The zero-order valence-corrected chi connectivity index (χ0v) is 14.5. The highest BCUT2D eigenvalue weighted by Gasteiger charge is 2.28. The maximum atomic E-state index is 12.5. The van der Waals surface area contributed by atoms with Gasteiger partial charge in [0.1, 0.15) is 0 Å². The van der Waals surface area contributed by atoms with Crippen molar-refractivity contribution in [2.24, 2.45) is 0 Å². The third-order valence-electron chi connectivity index (χ3n) is 3.53. The van der Waals surface area contributed by atoms with E-state index in [9.17, 15) is 9.59 Å². The van der Waals surface area contributed by atoms with E-state index >= 15 is 0 Å². The highest BCUT2D eigenvalue weighted by Crippen LogP contribution is 2.30. The molecule has 0 saturated carbocycles. The van der Waals surface area contributed by atoms with Crippen molar-refractivity contribution < 1.29 is 19.1 Å². The van der Waals surface area contributed by atoms with Gasteiger partial charge in [0.15, 0.2) is 0 Å². The van der Waals surface area contributed by atoms with Gasteiger partial charge in [0.05, 0.1) is 30.7 Å². The number of esters is 2. The molecule has 0 radical (unpaired) electrons. The molecule has 0 bridgehead atoms. The monoisotopic (exact) mass is 378 g/mol. The van der Waals surface area contributed by atoms with Gasteiger partial charge in [0.25, 0.3) is 0 Å². The van der Waals surface area contributed by atoms with Gasteiger partial charge in [-0.2, -0.15) is 0 Å². The van der Waals surface area contributed by atoms with Gasteiger partial charge >= 0.3 is 11.9 Å². The molecule has 0 fully saturated rings. The number of carbonyl (C=O) groups excluding carboxylic acids is 2. The second-order valence-corrected chi connectivity index (χ2v) is 5.96. The summed E-state index contributed by atoms with van der Waals surface area (Å²) in [6.07, 6.45) is 3.57. The van der Waals surface area contributed by atoms with Crippen LogP contribution in [0.3, 0.4) is 0 Å². The van der Waals surface area contributed by atoms with Gasteiger partial charge in [-0.25, -0.2) is 14.6 Å². The Bertz CT molecular complexity index is 955. The Morgan fingerprint density at radius 1 is 1.20 bits per heavy atom. The first kappa shape index (κ1) is 17.3. The lowest BCUT2D eigenvalue weighted by atomic mass is 10.1. The number of benzene rings is 1. The zero-order valence-electron chi connectivity index (χ0n) is 13.0. The molecule has 2 heterocycles. The topological polar surface area (TPSA) is 69.9 Å². The molecule has 0 aliphatic heterocycles. The van der Waals surface area contributed by atoms with Crippen molar-refractivity contribution in [1.29, 1.82) is 0 Å². The number of methoxy groups -OCH3 is 1. The summed E-state index contributed by atoms with van der Waals surface area (Å²) in [5.74, 6) is -1.44. The fraction of sp³-hybridized carbons (Fsp3) is 0.118. The molecule has 0 amide bonds. The third kappa shape index (κ3) is 3.60. The van der Waals surface area contributed by atoms with Crippen LogP contribution < -0.4 is 0 Å². The first-order valence-corrected chi connectivity index (χ1v) is 7.90. The summed E-state index contributed by atoms with van der Waals surface area (Å²) in [7, 11) is 1.20. The molecule has 6 nitrogen and oxygen atoms in total. The highest BCUT2D eigenvalue weighted by atomic mass is 35.5. The van der Waals surface area contributed by atoms with Crippen molar-refractivity contribution in [2.45, 2.75) is 6.10 Å². The Labute approximate surface area is 152 Å². The van der Waals surface area contributed by atoms with E-state index in [0.717, 1.165) is 0 Å². The van der Waals surface area contributed by atoms with E-state index < -0.39 is 18.0 Å². The summed E-state index contributed by atoms with van der Waals surface area (Å²) in [6, 6.07) is 7.69. The molecule has 3 aromatic rings. The molecular formula is C17H12Cl2N2O4.